The standard InChI is InChI=1S/C15H20N2/c1-3-6-15(17-4-2)13-8-5-7-12-9-10-16-11-14(12)13/h5,7-11,15,17H,3-4,6H2,1-2H3. The SMILES string of the molecule is CCCC(NCC)c1cccc2ccncc12. The van der Waals surface area contributed by atoms with Crippen molar-refractivity contribution in [3.05, 3.63) is 42.2 Å². The number of hydrogen-bond acceptors (Lipinski definition) is 2. The van der Waals surface area contributed by atoms with Gasteiger partial charge in [0.05, 0.1) is 0 Å². The summed E-state index contributed by atoms with van der Waals surface area (Å²) in [4.78, 5) is 4.25. The number of rotatable bonds is 5. The Kier molecular flexibility index (Phi) is 4.10. The Morgan fingerprint density at radius 2 is 2.12 bits per heavy atom. The fourth-order valence-corrected chi connectivity index (χ4v) is 2.34. The van der Waals surface area contributed by atoms with Gasteiger partial charge >= 0.3 is 0 Å². The molecule has 0 saturated heterocycles. The van der Waals surface area contributed by atoms with Crippen molar-refractivity contribution in [2.75, 3.05) is 6.54 Å². The van der Waals surface area contributed by atoms with Gasteiger partial charge in [0.2, 0.25) is 0 Å². The van der Waals surface area contributed by atoms with Gasteiger partial charge < -0.3 is 5.32 Å². The average Bonchev–Trinajstić information content (AvgIpc) is 2.38. The molecule has 2 heteroatoms. The quantitative estimate of drug-likeness (QED) is 0.844. The highest BCUT2D eigenvalue weighted by molar-refractivity contribution is 5.85. The van der Waals surface area contributed by atoms with E-state index >= 15 is 0 Å². The molecule has 2 aromatic rings. The number of aromatic nitrogens is 1. The van der Waals surface area contributed by atoms with Crippen molar-refractivity contribution in [2.24, 2.45) is 0 Å². The average molecular weight is 228 g/mol. The zero-order valence-electron chi connectivity index (χ0n) is 10.6. The molecule has 0 spiro atoms. The third kappa shape index (κ3) is 2.64. The van der Waals surface area contributed by atoms with Gasteiger partial charge in [0.1, 0.15) is 0 Å². The minimum atomic E-state index is 0.442. The van der Waals surface area contributed by atoms with Gasteiger partial charge in [-0.15, -0.1) is 0 Å². The molecular formula is C15H20N2. The van der Waals surface area contributed by atoms with Crippen LogP contribution in [0, 0.1) is 0 Å². The number of pyridine rings is 1. The minimum absolute atomic E-state index is 0.442. The molecule has 1 N–H and O–H groups in total. The van der Waals surface area contributed by atoms with E-state index in [1.165, 1.54) is 29.2 Å². The van der Waals surface area contributed by atoms with Crippen molar-refractivity contribution >= 4 is 10.8 Å². The van der Waals surface area contributed by atoms with Gasteiger partial charge in [-0.1, -0.05) is 38.5 Å². The predicted molar refractivity (Wildman–Crippen MR) is 73.1 cm³/mol. The molecule has 0 bridgehead atoms. The molecule has 0 aliphatic heterocycles. The number of fused-ring (bicyclic) bond motifs is 1. The molecule has 0 radical (unpaired) electrons. The highest BCUT2D eigenvalue weighted by Gasteiger charge is 2.11. The summed E-state index contributed by atoms with van der Waals surface area (Å²) in [6, 6.07) is 9.02. The summed E-state index contributed by atoms with van der Waals surface area (Å²) in [6.45, 7) is 5.39. The van der Waals surface area contributed by atoms with Crippen molar-refractivity contribution in [3.63, 3.8) is 0 Å². The molecule has 0 aliphatic carbocycles. The molecule has 1 aromatic heterocycles. The van der Waals surface area contributed by atoms with Crippen LogP contribution in [0.25, 0.3) is 10.8 Å². The molecular weight excluding hydrogens is 208 g/mol. The molecule has 0 fully saturated rings. The molecule has 0 amide bonds. The highest BCUT2D eigenvalue weighted by Crippen LogP contribution is 2.26. The van der Waals surface area contributed by atoms with Crippen LogP contribution in [0.4, 0.5) is 0 Å². The van der Waals surface area contributed by atoms with Crippen LogP contribution in [0.15, 0.2) is 36.7 Å². The van der Waals surface area contributed by atoms with E-state index < -0.39 is 0 Å². The van der Waals surface area contributed by atoms with Crippen LogP contribution in [0.2, 0.25) is 0 Å². The zero-order chi connectivity index (χ0) is 12.1. The van der Waals surface area contributed by atoms with Crippen LogP contribution < -0.4 is 5.32 Å². The molecule has 90 valence electrons. The van der Waals surface area contributed by atoms with Crippen molar-refractivity contribution < 1.29 is 0 Å². The van der Waals surface area contributed by atoms with Crippen LogP contribution in [0.5, 0.6) is 0 Å². The maximum Gasteiger partial charge on any atom is 0.0349 e. The molecule has 1 unspecified atom stereocenters. The predicted octanol–water partition coefficient (Wildman–Crippen LogP) is 3.69. The molecule has 0 aliphatic rings. The van der Waals surface area contributed by atoms with Crippen LogP contribution in [0.3, 0.4) is 0 Å². The van der Waals surface area contributed by atoms with Gasteiger partial charge in [-0.05, 0) is 30.0 Å². The minimum Gasteiger partial charge on any atom is -0.310 e. The first-order valence-electron chi connectivity index (χ1n) is 6.42. The summed E-state index contributed by atoms with van der Waals surface area (Å²) in [6.07, 6.45) is 6.19. The third-order valence-electron chi connectivity index (χ3n) is 3.12. The summed E-state index contributed by atoms with van der Waals surface area (Å²) in [5.74, 6) is 0. The fourth-order valence-electron chi connectivity index (χ4n) is 2.34. The first-order chi connectivity index (χ1) is 8.36. The van der Waals surface area contributed by atoms with Crippen LogP contribution in [-0.4, -0.2) is 11.5 Å². The monoisotopic (exact) mass is 228 g/mol. The van der Waals surface area contributed by atoms with Crippen LogP contribution in [-0.2, 0) is 0 Å². The smallest absolute Gasteiger partial charge is 0.0349 e. The van der Waals surface area contributed by atoms with Crippen molar-refractivity contribution in [2.45, 2.75) is 32.7 Å². The van der Waals surface area contributed by atoms with E-state index in [4.69, 9.17) is 0 Å². The van der Waals surface area contributed by atoms with Gasteiger partial charge in [0.15, 0.2) is 0 Å². The largest absolute Gasteiger partial charge is 0.310 e. The van der Waals surface area contributed by atoms with E-state index in [0.717, 1.165) is 6.54 Å². The van der Waals surface area contributed by atoms with Crippen molar-refractivity contribution in [1.82, 2.24) is 10.3 Å². The normalized spacial score (nSPS) is 12.8. The first kappa shape index (κ1) is 12.1. The highest BCUT2D eigenvalue weighted by atomic mass is 14.9. The lowest BCUT2D eigenvalue weighted by Gasteiger charge is -2.19. The van der Waals surface area contributed by atoms with E-state index in [2.05, 4.69) is 48.4 Å². The van der Waals surface area contributed by atoms with Crippen LogP contribution in [0.1, 0.15) is 38.3 Å². The van der Waals surface area contributed by atoms with E-state index in [0.29, 0.717) is 6.04 Å². The second-order valence-electron chi connectivity index (χ2n) is 4.34. The third-order valence-corrected chi connectivity index (χ3v) is 3.12. The number of nitrogens with zero attached hydrogens (tertiary/aromatic N) is 1. The topological polar surface area (TPSA) is 24.9 Å². The Hall–Kier alpha value is -1.41. The van der Waals surface area contributed by atoms with Gasteiger partial charge in [-0.25, -0.2) is 0 Å². The van der Waals surface area contributed by atoms with Gasteiger partial charge in [-0.2, -0.15) is 0 Å². The zero-order valence-corrected chi connectivity index (χ0v) is 10.6. The number of hydrogen-bond donors (Lipinski definition) is 1. The lowest BCUT2D eigenvalue weighted by molar-refractivity contribution is 0.512. The van der Waals surface area contributed by atoms with Gasteiger partial charge in [-0.3, -0.25) is 4.98 Å². The van der Waals surface area contributed by atoms with E-state index in [-0.39, 0.29) is 0 Å². The number of benzene rings is 1. The van der Waals surface area contributed by atoms with E-state index in [9.17, 15) is 0 Å². The van der Waals surface area contributed by atoms with E-state index in [1.807, 2.05) is 12.4 Å². The molecule has 0 saturated carbocycles. The second kappa shape index (κ2) is 5.78. The fraction of sp³-hybridized carbons (Fsp3) is 0.400. The van der Waals surface area contributed by atoms with E-state index in [1.54, 1.807) is 0 Å². The summed E-state index contributed by atoms with van der Waals surface area (Å²) in [7, 11) is 0. The van der Waals surface area contributed by atoms with Gasteiger partial charge in [0, 0.05) is 23.8 Å². The van der Waals surface area contributed by atoms with Crippen molar-refractivity contribution in [3.8, 4) is 0 Å². The first-order valence-corrected chi connectivity index (χ1v) is 6.42. The Balaban J connectivity index is 2.44. The molecule has 1 heterocycles. The lowest BCUT2D eigenvalue weighted by atomic mass is 9.97. The Morgan fingerprint density at radius 3 is 2.88 bits per heavy atom. The van der Waals surface area contributed by atoms with Gasteiger partial charge in [0.25, 0.3) is 0 Å². The lowest BCUT2D eigenvalue weighted by Crippen LogP contribution is -2.20. The van der Waals surface area contributed by atoms with Crippen molar-refractivity contribution in [1.29, 1.82) is 0 Å². The molecule has 2 nitrogen and oxygen atoms in total. The Morgan fingerprint density at radius 1 is 1.24 bits per heavy atom. The Bertz CT molecular complexity index is 468. The summed E-state index contributed by atoms with van der Waals surface area (Å²) in [5, 5.41) is 6.11. The maximum absolute atomic E-state index is 4.25. The molecule has 17 heavy (non-hydrogen) atoms. The molecule has 2 rings (SSSR count). The summed E-state index contributed by atoms with van der Waals surface area (Å²) < 4.78 is 0. The Labute approximate surface area is 103 Å². The summed E-state index contributed by atoms with van der Waals surface area (Å²) in [5.41, 5.74) is 1.37. The van der Waals surface area contributed by atoms with Crippen LogP contribution >= 0.6 is 0 Å². The second-order valence-corrected chi connectivity index (χ2v) is 4.34. The maximum atomic E-state index is 4.25. The molecule has 1 atom stereocenters. The number of nitrogens with one attached hydrogen (secondary N) is 1. The summed E-state index contributed by atoms with van der Waals surface area (Å²) >= 11 is 0. The molecule has 1 aromatic carbocycles.